The number of benzene rings is 1. The SMILES string of the molecule is C=CCCCOc1ccc([C@H](C)O)cc1C. The van der Waals surface area contributed by atoms with Gasteiger partial charge in [0.1, 0.15) is 5.75 Å². The van der Waals surface area contributed by atoms with E-state index in [1.54, 1.807) is 6.92 Å². The Morgan fingerprint density at radius 3 is 2.81 bits per heavy atom. The van der Waals surface area contributed by atoms with Gasteiger partial charge in [-0.3, -0.25) is 0 Å². The zero-order chi connectivity index (χ0) is 12.0. The maximum atomic E-state index is 9.43. The summed E-state index contributed by atoms with van der Waals surface area (Å²) in [6, 6.07) is 5.79. The van der Waals surface area contributed by atoms with Gasteiger partial charge in [-0.2, -0.15) is 0 Å². The Balaban J connectivity index is 2.57. The normalized spacial score (nSPS) is 12.2. The number of unbranched alkanes of at least 4 members (excludes halogenated alkanes) is 1. The number of hydrogen-bond donors (Lipinski definition) is 1. The second-order valence-corrected chi connectivity index (χ2v) is 3.98. The Labute approximate surface area is 97.6 Å². The van der Waals surface area contributed by atoms with Crippen LogP contribution in [0.25, 0.3) is 0 Å². The Morgan fingerprint density at radius 2 is 2.25 bits per heavy atom. The van der Waals surface area contributed by atoms with Crippen molar-refractivity contribution < 1.29 is 9.84 Å². The lowest BCUT2D eigenvalue weighted by molar-refractivity contribution is 0.199. The number of aryl methyl sites for hydroxylation is 1. The first-order valence-corrected chi connectivity index (χ1v) is 5.67. The summed E-state index contributed by atoms with van der Waals surface area (Å²) in [5.41, 5.74) is 1.99. The fourth-order valence-corrected chi connectivity index (χ4v) is 1.50. The summed E-state index contributed by atoms with van der Waals surface area (Å²) in [4.78, 5) is 0. The van der Waals surface area contributed by atoms with Crippen LogP contribution in [0.1, 0.15) is 37.0 Å². The molecule has 0 saturated carbocycles. The standard InChI is InChI=1S/C14H20O2/c1-4-5-6-9-16-14-8-7-13(12(3)15)10-11(14)2/h4,7-8,10,12,15H,1,5-6,9H2,2-3H3/t12-/m0/s1. The molecule has 2 heteroatoms. The summed E-state index contributed by atoms with van der Waals surface area (Å²) < 4.78 is 5.64. The molecule has 2 nitrogen and oxygen atoms in total. The van der Waals surface area contributed by atoms with E-state index in [0.717, 1.165) is 29.7 Å². The molecule has 0 radical (unpaired) electrons. The van der Waals surface area contributed by atoms with Gasteiger partial charge in [-0.05, 0) is 49.9 Å². The molecule has 0 aliphatic heterocycles. The van der Waals surface area contributed by atoms with E-state index in [1.165, 1.54) is 0 Å². The number of aliphatic hydroxyl groups is 1. The van der Waals surface area contributed by atoms with E-state index in [2.05, 4.69) is 6.58 Å². The smallest absolute Gasteiger partial charge is 0.122 e. The van der Waals surface area contributed by atoms with Crippen molar-refractivity contribution in [3.8, 4) is 5.75 Å². The van der Waals surface area contributed by atoms with Gasteiger partial charge in [0.15, 0.2) is 0 Å². The molecular formula is C14H20O2. The van der Waals surface area contributed by atoms with Crippen molar-refractivity contribution >= 4 is 0 Å². The molecule has 1 atom stereocenters. The Morgan fingerprint density at radius 1 is 1.50 bits per heavy atom. The fourth-order valence-electron chi connectivity index (χ4n) is 1.50. The molecule has 0 amide bonds. The van der Waals surface area contributed by atoms with Gasteiger partial charge in [0.25, 0.3) is 0 Å². The summed E-state index contributed by atoms with van der Waals surface area (Å²) in [5.74, 6) is 0.897. The van der Waals surface area contributed by atoms with Crippen molar-refractivity contribution in [3.05, 3.63) is 42.0 Å². The van der Waals surface area contributed by atoms with Crippen LogP contribution in [0.3, 0.4) is 0 Å². The molecule has 88 valence electrons. The van der Waals surface area contributed by atoms with Gasteiger partial charge in [0, 0.05) is 0 Å². The first-order valence-electron chi connectivity index (χ1n) is 5.67. The highest BCUT2D eigenvalue weighted by Crippen LogP contribution is 2.22. The van der Waals surface area contributed by atoms with E-state index in [0.29, 0.717) is 6.61 Å². The third-order valence-corrected chi connectivity index (χ3v) is 2.49. The van der Waals surface area contributed by atoms with Gasteiger partial charge in [-0.25, -0.2) is 0 Å². The van der Waals surface area contributed by atoms with Crippen LogP contribution < -0.4 is 4.74 Å². The fraction of sp³-hybridized carbons (Fsp3) is 0.429. The summed E-state index contributed by atoms with van der Waals surface area (Å²) in [6.45, 7) is 8.14. The van der Waals surface area contributed by atoms with Crippen LogP contribution in [0, 0.1) is 6.92 Å². The van der Waals surface area contributed by atoms with Crippen LogP contribution in [0.15, 0.2) is 30.9 Å². The van der Waals surface area contributed by atoms with E-state index in [-0.39, 0.29) is 0 Å². The molecule has 0 aliphatic carbocycles. The van der Waals surface area contributed by atoms with Crippen LogP contribution in [0.4, 0.5) is 0 Å². The van der Waals surface area contributed by atoms with Crippen LogP contribution in [-0.4, -0.2) is 11.7 Å². The zero-order valence-electron chi connectivity index (χ0n) is 10.1. The van der Waals surface area contributed by atoms with Crippen molar-refractivity contribution in [2.45, 2.75) is 32.8 Å². The molecule has 0 unspecified atom stereocenters. The van der Waals surface area contributed by atoms with Crippen LogP contribution in [-0.2, 0) is 0 Å². The van der Waals surface area contributed by atoms with Crippen LogP contribution in [0.2, 0.25) is 0 Å². The van der Waals surface area contributed by atoms with Crippen LogP contribution in [0.5, 0.6) is 5.75 Å². The Hall–Kier alpha value is -1.28. The summed E-state index contributed by atoms with van der Waals surface area (Å²) in [5, 5.41) is 9.43. The monoisotopic (exact) mass is 220 g/mol. The number of allylic oxidation sites excluding steroid dienone is 1. The second-order valence-electron chi connectivity index (χ2n) is 3.98. The average molecular weight is 220 g/mol. The third-order valence-electron chi connectivity index (χ3n) is 2.49. The van der Waals surface area contributed by atoms with Gasteiger partial charge in [-0.15, -0.1) is 6.58 Å². The quantitative estimate of drug-likeness (QED) is 0.588. The maximum Gasteiger partial charge on any atom is 0.122 e. The molecule has 0 saturated heterocycles. The predicted molar refractivity (Wildman–Crippen MR) is 66.7 cm³/mol. The molecule has 16 heavy (non-hydrogen) atoms. The number of ether oxygens (including phenoxy) is 1. The molecular weight excluding hydrogens is 200 g/mol. The molecule has 0 spiro atoms. The number of rotatable bonds is 6. The maximum absolute atomic E-state index is 9.43. The van der Waals surface area contributed by atoms with Crippen molar-refractivity contribution in [1.29, 1.82) is 0 Å². The molecule has 0 aromatic heterocycles. The lowest BCUT2D eigenvalue weighted by Gasteiger charge is -2.11. The van der Waals surface area contributed by atoms with Gasteiger partial charge in [0.2, 0.25) is 0 Å². The summed E-state index contributed by atoms with van der Waals surface area (Å²) >= 11 is 0. The minimum atomic E-state index is -0.423. The number of aliphatic hydroxyl groups excluding tert-OH is 1. The lowest BCUT2D eigenvalue weighted by atomic mass is 10.1. The van der Waals surface area contributed by atoms with E-state index >= 15 is 0 Å². The Bertz CT molecular complexity index is 343. The molecule has 1 N–H and O–H groups in total. The highest BCUT2D eigenvalue weighted by molar-refractivity contribution is 5.36. The minimum absolute atomic E-state index is 0.423. The highest BCUT2D eigenvalue weighted by Gasteiger charge is 2.04. The first kappa shape index (κ1) is 12.8. The molecule has 1 aromatic carbocycles. The topological polar surface area (TPSA) is 29.5 Å². The van der Waals surface area contributed by atoms with Gasteiger partial charge in [-0.1, -0.05) is 12.1 Å². The molecule has 1 aromatic rings. The van der Waals surface area contributed by atoms with E-state index in [9.17, 15) is 5.11 Å². The summed E-state index contributed by atoms with van der Waals surface area (Å²) in [7, 11) is 0. The van der Waals surface area contributed by atoms with Gasteiger partial charge < -0.3 is 9.84 Å². The number of hydrogen-bond acceptors (Lipinski definition) is 2. The molecule has 0 aliphatic rings. The zero-order valence-corrected chi connectivity index (χ0v) is 10.1. The van der Waals surface area contributed by atoms with Gasteiger partial charge in [0.05, 0.1) is 12.7 Å². The van der Waals surface area contributed by atoms with Crippen molar-refractivity contribution in [1.82, 2.24) is 0 Å². The van der Waals surface area contributed by atoms with E-state index in [4.69, 9.17) is 4.74 Å². The lowest BCUT2D eigenvalue weighted by Crippen LogP contribution is -1.99. The van der Waals surface area contributed by atoms with E-state index in [1.807, 2.05) is 31.2 Å². The van der Waals surface area contributed by atoms with Crippen LogP contribution >= 0.6 is 0 Å². The molecule has 1 rings (SSSR count). The summed E-state index contributed by atoms with van der Waals surface area (Å²) in [6.07, 6.45) is 3.44. The second kappa shape index (κ2) is 6.33. The predicted octanol–water partition coefficient (Wildman–Crippen LogP) is 3.39. The van der Waals surface area contributed by atoms with E-state index < -0.39 is 6.10 Å². The third kappa shape index (κ3) is 3.70. The minimum Gasteiger partial charge on any atom is -0.493 e. The molecule has 0 heterocycles. The Kier molecular flexibility index (Phi) is 5.06. The van der Waals surface area contributed by atoms with Crippen molar-refractivity contribution in [2.75, 3.05) is 6.61 Å². The van der Waals surface area contributed by atoms with Crippen molar-refractivity contribution in [3.63, 3.8) is 0 Å². The van der Waals surface area contributed by atoms with Gasteiger partial charge >= 0.3 is 0 Å². The largest absolute Gasteiger partial charge is 0.493 e. The first-order chi connectivity index (χ1) is 7.65. The molecule has 0 bridgehead atoms. The average Bonchev–Trinajstić information content (AvgIpc) is 2.26. The van der Waals surface area contributed by atoms with Crippen molar-refractivity contribution in [2.24, 2.45) is 0 Å². The molecule has 0 fully saturated rings. The highest BCUT2D eigenvalue weighted by atomic mass is 16.5.